The fraction of sp³-hybridized carbons (Fsp3) is 0.0667. The van der Waals surface area contributed by atoms with E-state index in [2.05, 4.69) is 5.32 Å². The Morgan fingerprint density at radius 2 is 1.71 bits per heavy atom. The molecule has 0 saturated heterocycles. The maximum absolute atomic E-state index is 13.6. The minimum absolute atomic E-state index is 0.117. The molecule has 0 aliphatic rings. The van der Waals surface area contributed by atoms with Gasteiger partial charge >= 0.3 is 5.97 Å². The van der Waals surface area contributed by atoms with Gasteiger partial charge in [0.25, 0.3) is 0 Å². The Morgan fingerprint density at radius 1 is 1.05 bits per heavy atom. The van der Waals surface area contributed by atoms with E-state index in [1.807, 2.05) is 0 Å². The number of carbonyl (C=O) groups is 2. The number of carboxylic acids is 1. The molecule has 0 unspecified atom stereocenters. The standard InChI is InChI=1S/C15H11F2NO3/c16-10-6-4-9(5-7-10)8-13(19)18-14-11(15(20)21)2-1-3-12(14)17/h1-7H,8H2,(H,18,19)(H,20,21). The van der Waals surface area contributed by atoms with Gasteiger partial charge in [-0.15, -0.1) is 0 Å². The van der Waals surface area contributed by atoms with Crippen LogP contribution in [0.2, 0.25) is 0 Å². The molecule has 2 rings (SSSR count). The van der Waals surface area contributed by atoms with Crippen LogP contribution in [0.5, 0.6) is 0 Å². The zero-order valence-corrected chi connectivity index (χ0v) is 10.8. The van der Waals surface area contributed by atoms with Crippen molar-refractivity contribution in [2.24, 2.45) is 0 Å². The summed E-state index contributed by atoms with van der Waals surface area (Å²) >= 11 is 0. The van der Waals surface area contributed by atoms with Gasteiger partial charge < -0.3 is 10.4 Å². The quantitative estimate of drug-likeness (QED) is 0.910. The number of rotatable bonds is 4. The van der Waals surface area contributed by atoms with Crippen molar-refractivity contribution >= 4 is 17.6 Å². The van der Waals surface area contributed by atoms with E-state index in [0.29, 0.717) is 5.56 Å². The molecule has 1 amide bonds. The largest absolute Gasteiger partial charge is 0.478 e. The summed E-state index contributed by atoms with van der Waals surface area (Å²) in [7, 11) is 0. The second-order valence-electron chi connectivity index (χ2n) is 4.32. The summed E-state index contributed by atoms with van der Waals surface area (Å²) in [5, 5.41) is 11.2. The van der Waals surface area contributed by atoms with Crippen molar-refractivity contribution < 1.29 is 23.5 Å². The highest BCUT2D eigenvalue weighted by Crippen LogP contribution is 2.20. The second-order valence-corrected chi connectivity index (χ2v) is 4.32. The molecule has 0 atom stereocenters. The third-order valence-electron chi connectivity index (χ3n) is 2.79. The van der Waals surface area contributed by atoms with E-state index >= 15 is 0 Å². The number of nitrogens with one attached hydrogen (secondary N) is 1. The van der Waals surface area contributed by atoms with Gasteiger partial charge in [-0.1, -0.05) is 18.2 Å². The normalized spacial score (nSPS) is 10.2. The number of aromatic carboxylic acids is 1. The van der Waals surface area contributed by atoms with Crippen LogP contribution in [0.3, 0.4) is 0 Å². The molecule has 4 nitrogen and oxygen atoms in total. The van der Waals surface area contributed by atoms with E-state index in [1.54, 1.807) is 0 Å². The first-order chi connectivity index (χ1) is 9.97. The number of hydrogen-bond acceptors (Lipinski definition) is 2. The molecule has 0 radical (unpaired) electrons. The third-order valence-corrected chi connectivity index (χ3v) is 2.79. The van der Waals surface area contributed by atoms with Gasteiger partial charge in [-0.05, 0) is 29.8 Å². The van der Waals surface area contributed by atoms with E-state index in [4.69, 9.17) is 5.11 Å². The van der Waals surface area contributed by atoms with Gasteiger partial charge in [-0.2, -0.15) is 0 Å². The van der Waals surface area contributed by atoms with Crippen LogP contribution in [0.1, 0.15) is 15.9 Å². The second kappa shape index (κ2) is 6.13. The first-order valence-corrected chi connectivity index (χ1v) is 6.03. The van der Waals surface area contributed by atoms with Crippen LogP contribution in [-0.2, 0) is 11.2 Å². The van der Waals surface area contributed by atoms with Crippen LogP contribution in [-0.4, -0.2) is 17.0 Å². The molecule has 0 bridgehead atoms. The Balaban J connectivity index is 2.16. The number of carbonyl (C=O) groups excluding carboxylic acids is 1. The molecule has 108 valence electrons. The van der Waals surface area contributed by atoms with Crippen LogP contribution >= 0.6 is 0 Å². The van der Waals surface area contributed by atoms with Gasteiger partial charge in [0.2, 0.25) is 5.91 Å². The lowest BCUT2D eigenvalue weighted by atomic mass is 10.1. The van der Waals surface area contributed by atoms with Crippen LogP contribution < -0.4 is 5.32 Å². The van der Waals surface area contributed by atoms with Crippen molar-refractivity contribution in [1.82, 2.24) is 0 Å². The SMILES string of the molecule is O=C(Cc1ccc(F)cc1)Nc1c(F)cccc1C(=O)O. The summed E-state index contributed by atoms with van der Waals surface area (Å²) in [5.41, 5.74) is -0.179. The molecule has 0 spiro atoms. The van der Waals surface area contributed by atoms with Crippen molar-refractivity contribution in [3.63, 3.8) is 0 Å². The maximum atomic E-state index is 13.6. The van der Waals surface area contributed by atoms with Crippen molar-refractivity contribution in [3.05, 3.63) is 65.2 Å². The molecule has 2 aromatic rings. The molecule has 0 aliphatic heterocycles. The molecule has 0 fully saturated rings. The van der Waals surface area contributed by atoms with Crippen LogP contribution in [0.15, 0.2) is 42.5 Å². The Bertz CT molecular complexity index is 684. The van der Waals surface area contributed by atoms with E-state index in [9.17, 15) is 18.4 Å². The Hall–Kier alpha value is -2.76. The van der Waals surface area contributed by atoms with Gasteiger partial charge in [0.05, 0.1) is 17.7 Å². The fourth-order valence-corrected chi connectivity index (χ4v) is 1.80. The predicted molar refractivity (Wildman–Crippen MR) is 72.1 cm³/mol. The highest BCUT2D eigenvalue weighted by atomic mass is 19.1. The van der Waals surface area contributed by atoms with E-state index in [-0.39, 0.29) is 17.7 Å². The molecular formula is C15H11F2NO3. The molecule has 2 aromatic carbocycles. The zero-order valence-electron chi connectivity index (χ0n) is 10.8. The number of para-hydroxylation sites is 1. The van der Waals surface area contributed by atoms with Crippen LogP contribution in [0, 0.1) is 11.6 Å². The lowest BCUT2D eigenvalue weighted by Gasteiger charge is -2.09. The van der Waals surface area contributed by atoms with Crippen molar-refractivity contribution in [2.75, 3.05) is 5.32 Å². The average molecular weight is 291 g/mol. The van der Waals surface area contributed by atoms with Gasteiger partial charge in [-0.3, -0.25) is 4.79 Å². The summed E-state index contributed by atoms with van der Waals surface area (Å²) < 4.78 is 26.4. The lowest BCUT2D eigenvalue weighted by Crippen LogP contribution is -2.18. The Kier molecular flexibility index (Phi) is 4.27. The smallest absolute Gasteiger partial charge is 0.337 e. The van der Waals surface area contributed by atoms with Crippen molar-refractivity contribution in [1.29, 1.82) is 0 Å². The Labute approximate surface area is 119 Å². The summed E-state index contributed by atoms with van der Waals surface area (Å²) in [5.74, 6) is -3.19. The highest BCUT2D eigenvalue weighted by molar-refractivity contribution is 6.01. The van der Waals surface area contributed by atoms with Gasteiger partial charge in [0.1, 0.15) is 11.6 Å². The lowest BCUT2D eigenvalue weighted by molar-refractivity contribution is -0.115. The summed E-state index contributed by atoms with van der Waals surface area (Å²) in [4.78, 5) is 22.8. The predicted octanol–water partition coefficient (Wildman–Crippen LogP) is 2.84. The number of anilines is 1. The summed E-state index contributed by atoms with van der Waals surface area (Å²) in [6.45, 7) is 0. The molecule has 21 heavy (non-hydrogen) atoms. The van der Waals surface area contributed by atoms with Crippen LogP contribution in [0.25, 0.3) is 0 Å². The molecule has 0 heterocycles. The van der Waals surface area contributed by atoms with Crippen LogP contribution in [0.4, 0.5) is 14.5 Å². The number of carboxylic acid groups (broad SMARTS) is 1. The first-order valence-electron chi connectivity index (χ1n) is 6.03. The minimum atomic E-state index is -1.34. The molecule has 6 heteroatoms. The topological polar surface area (TPSA) is 66.4 Å². The Morgan fingerprint density at radius 3 is 2.33 bits per heavy atom. The number of hydrogen-bond donors (Lipinski definition) is 2. The number of halogens is 2. The number of amides is 1. The average Bonchev–Trinajstić information content (AvgIpc) is 2.43. The number of benzene rings is 2. The monoisotopic (exact) mass is 291 g/mol. The first kappa shape index (κ1) is 14.6. The minimum Gasteiger partial charge on any atom is -0.478 e. The van der Waals surface area contributed by atoms with E-state index < -0.39 is 23.5 Å². The van der Waals surface area contributed by atoms with E-state index in [0.717, 1.165) is 6.07 Å². The van der Waals surface area contributed by atoms with Gasteiger partial charge in [0.15, 0.2) is 0 Å². The maximum Gasteiger partial charge on any atom is 0.337 e. The summed E-state index contributed by atoms with van der Waals surface area (Å²) in [6, 6.07) is 8.75. The van der Waals surface area contributed by atoms with Crippen molar-refractivity contribution in [3.8, 4) is 0 Å². The van der Waals surface area contributed by atoms with E-state index in [1.165, 1.54) is 36.4 Å². The molecular weight excluding hydrogens is 280 g/mol. The molecule has 0 aromatic heterocycles. The van der Waals surface area contributed by atoms with Crippen molar-refractivity contribution in [2.45, 2.75) is 6.42 Å². The van der Waals surface area contributed by atoms with Gasteiger partial charge in [0, 0.05) is 0 Å². The molecule has 2 N–H and O–H groups in total. The van der Waals surface area contributed by atoms with Gasteiger partial charge in [-0.25, -0.2) is 13.6 Å². The fourth-order valence-electron chi connectivity index (χ4n) is 1.80. The molecule has 0 saturated carbocycles. The third kappa shape index (κ3) is 3.62. The highest BCUT2D eigenvalue weighted by Gasteiger charge is 2.16. The molecule has 0 aliphatic carbocycles. The summed E-state index contributed by atoms with van der Waals surface area (Å²) in [6.07, 6.45) is -0.117. The zero-order chi connectivity index (χ0) is 15.4.